The van der Waals surface area contributed by atoms with Gasteiger partial charge in [-0.3, -0.25) is 0 Å². The van der Waals surface area contributed by atoms with E-state index in [1.807, 2.05) is 13.8 Å². The molecule has 19 heavy (non-hydrogen) atoms. The van der Waals surface area contributed by atoms with Gasteiger partial charge >= 0.3 is 5.97 Å². The zero-order valence-electron chi connectivity index (χ0n) is 11.9. The molecule has 3 nitrogen and oxygen atoms in total. The molecule has 0 N–H and O–H groups in total. The Kier molecular flexibility index (Phi) is 6.16. The molecule has 1 rings (SSSR count). The van der Waals surface area contributed by atoms with Crippen molar-refractivity contribution in [3.63, 3.8) is 0 Å². The highest BCUT2D eigenvalue weighted by molar-refractivity contribution is 6.30. The topological polar surface area (TPSA) is 35.5 Å². The van der Waals surface area contributed by atoms with E-state index >= 15 is 0 Å². The Morgan fingerprint density at radius 2 is 2.05 bits per heavy atom. The third kappa shape index (κ3) is 5.11. The second kappa shape index (κ2) is 7.39. The lowest BCUT2D eigenvalue weighted by molar-refractivity contribution is -0.152. The van der Waals surface area contributed by atoms with E-state index in [0.29, 0.717) is 23.3 Å². The Labute approximate surface area is 119 Å². The number of carbonyl (C=O) groups is 1. The molecule has 0 amide bonds. The molecular weight excluding hydrogens is 264 g/mol. The van der Waals surface area contributed by atoms with E-state index in [-0.39, 0.29) is 5.97 Å². The lowest BCUT2D eigenvalue weighted by Crippen LogP contribution is -2.27. The van der Waals surface area contributed by atoms with Crippen LogP contribution in [0.25, 0.3) is 0 Å². The lowest BCUT2D eigenvalue weighted by Gasteiger charge is -2.17. The van der Waals surface area contributed by atoms with Crippen LogP contribution < -0.4 is 4.74 Å². The van der Waals surface area contributed by atoms with Crippen molar-refractivity contribution in [2.75, 3.05) is 6.61 Å². The Balaban J connectivity index is 2.54. The molecule has 0 fully saturated rings. The summed E-state index contributed by atoms with van der Waals surface area (Å²) in [5.41, 5.74) is 0.897. The summed E-state index contributed by atoms with van der Waals surface area (Å²) in [6, 6.07) is 5.30. The smallest absolute Gasteiger partial charge is 0.347 e. The zero-order chi connectivity index (χ0) is 14.4. The summed E-state index contributed by atoms with van der Waals surface area (Å²) in [5.74, 6) is 0.681. The van der Waals surface area contributed by atoms with Gasteiger partial charge in [-0.2, -0.15) is 0 Å². The molecule has 1 aromatic carbocycles. The van der Waals surface area contributed by atoms with Crippen molar-refractivity contribution in [3.8, 4) is 5.75 Å². The van der Waals surface area contributed by atoms with Crippen molar-refractivity contribution >= 4 is 17.6 Å². The van der Waals surface area contributed by atoms with Crippen LogP contribution in [0.5, 0.6) is 5.75 Å². The molecule has 0 aliphatic carbocycles. The van der Waals surface area contributed by atoms with Gasteiger partial charge in [0.15, 0.2) is 6.10 Å². The molecule has 0 bridgehead atoms. The first-order valence-electron chi connectivity index (χ1n) is 6.53. The molecule has 0 saturated carbocycles. The third-order valence-electron chi connectivity index (χ3n) is 2.98. The van der Waals surface area contributed by atoms with Crippen molar-refractivity contribution in [3.05, 3.63) is 28.8 Å². The SMILES string of the molecule is CCC(C)COC(=O)C(C)Oc1ccc(Cl)cc1C. The van der Waals surface area contributed by atoms with E-state index < -0.39 is 6.10 Å². The fourth-order valence-electron chi connectivity index (χ4n) is 1.44. The summed E-state index contributed by atoms with van der Waals surface area (Å²) in [4.78, 5) is 11.8. The second-order valence-electron chi connectivity index (χ2n) is 4.81. The van der Waals surface area contributed by atoms with Gasteiger partial charge in [0.05, 0.1) is 6.61 Å². The summed E-state index contributed by atoms with van der Waals surface area (Å²) < 4.78 is 10.8. The van der Waals surface area contributed by atoms with Crippen LogP contribution in [0.4, 0.5) is 0 Å². The monoisotopic (exact) mass is 284 g/mol. The maximum atomic E-state index is 11.8. The zero-order valence-corrected chi connectivity index (χ0v) is 12.7. The van der Waals surface area contributed by atoms with E-state index in [1.54, 1.807) is 25.1 Å². The van der Waals surface area contributed by atoms with Gasteiger partial charge < -0.3 is 9.47 Å². The maximum absolute atomic E-state index is 11.8. The first-order chi connectivity index (χ1) is 8.93. The summed E-state index contributed by atoms with van der Waals surface area (Å²) in [7, 11) is 0. The van der Waals surface area contributed by atoms with Crippen LogP contribution in [0, 0.1) is 12.8 Å². The minimum atomic E-state index is -0.621. The number of hydrogen-bond donors (Lipinski definition) is 0. The molecule has 1 aromatic rings. The number of carbonyl (C=O) groups excluding carboxylic acids is 1. The molecule has 0 heterocycles. The largest absolute Gasteiger partial charge is 0.479 e. The number of halogens is 1. The first-order valence-corrected chi connectivity index (χ1v) is 6.91. The average Bonchev–Trinajstić information content (AvgIpc) is 2.38. The van der Waals surface area contributed by atoms with Crippen LogP contribution in [0.2, 0.25) is 5.02 Å². The molecule has 2 unspecified atom stereocenters. The summed E-state index contributed by atoms with van der Waals surface area (Å²) >= 11 is 5.87. The van der Waals surface area contributed by atoms with E-state index in [0.717, 1.165) is 12.0 Å². The number of ether oxygens (including phenoxy) is 2. The highest BCUT2D eigenvalue weighted by Gasteiger charge is 2.18. The Morgan fingerprint density at radius 3 is 2.63 bits per heavy atom. The van der Waals surface area contributed by atoms with Gasteiger partial charge in [-0.15, -0.1) is 0 Å². The average molecular weight is 285 g/mol. The molecular formula is C15H21ClO3. The maximum Gasteiger partial charge on any atom is 0.347 e. The number of esters is 1. The molecule has 0 aliphatic heterocycles. The molecule has 106 valence electrons. The summed E-state index contributed by atoms with van der Waals surface area (Å²) in [6.07, 6.45) is 0.364. The minimum Gasteiger partial charge on any atom is -0.479 e. The van der Waals surface area contributed by atoms with Crippen LogP contribution in [0.1, 0.15) is 32.8 Å². The van der Waals surface area contributed by atoms with Crippen LogP contribution in [-0.2, 0) is 9.53 Å². The van der Waals surface area contributed by atoms with Gasteiger partial charge in [-0.1, -0.05) is 31.9 Å². The van der Waals surface area contributed by atoms with Crippen LogP contribution in [-0.4, -0.2) is 18.7 Å². The molecule has 2 atom stereocenters. The van der Waals surface area contributed by atoms with Gasteiger partial charge in [0.2, 0.25) is 0 Å². The number of rotatable bonds is 6. The molecule has 0 spiro atoms. The number of benzene rings is 1. The van der Waals surface area contributed by atoms with Crippen molar-refractivity contribution in [1.82, 2.24) is 0 Å². The van der Waals surface area contributed by atoms with Crippen molar-refractivity contribution < 1.29 is 14.3 Å². The molecule has 0 saturated heterocycles. The Hall–Kier alpha value is -1.22. The number of aryl methyl sites for hydroxylation is 1. The van der Waals surface area contributed by atoms with Crippen molar-refractivity contribution in [2.24, 2.45) is 5.92 Å². The van der Waals surface area contributed by atoms with Gasteiger partial charge in [-0.05, 0) is 43.5 Å². The van der Waals surface area contributed by atoms with Crippen molar-refractivity contribution in [2.45, 2.75) is 40.2 Å². The van der Waals surface area contributed by atoms with Gasteiger partial charge in [0.1, 0.15) is 5.75 Å². The standard InChI is InChI=1S/C15H21ClO3/c1-5-10(2)9-18-15(17)12(4)19-14-7-6-13(16)8-11(14)3/h6-8,10,12H,5,9H2,1-4H3. The highest BCUT2D eigenvalue weighted by atomic mass is 35.5. The van der Waals surface area contributed by atoms with E-state index in [9.17, 15) is 4.79 Å². The first kappa shape index (κ1) is 15.8. The van der Waals surface area contributed by atoms with Crippen LogP contribution in [0.15, 0.2) is 18.2 Å². The molecule has 4 heteroatoms. The minimum absolute atomic E-state index is 0.338. The lowest BCUT2D eigenvalue weighted by atomic mass is 10.1. The Morgan fingerprint density at radius 1 is 1.37 bits per heavy atom. The van der Waals surface area contributed by atoms with E-state index in [2.05, 4.69) is 6.92 Å². The predicted octanol–water partition coefficient (Wildman–Crippen LogP) is 4.01. The van der Waals surface area contributed by atoms with Gasteiger partial charge in [-0.25, -0.2) is 4.79 Å². The summed E-state index contributed by atoms with van der Waals surface area (Å²) in [5, 5.41) is 0.650. The molecule has 0 aromatic heterocycles. The quantitative estimate of drug-likeness (QED) is 0.741. The highest BCUT2D eigenvalue weighted by Crippen LogP contribution is 2.23. The Bertz CT molecular complexity index is 431. The normalized spacial score (nSPS) is 13.7. The van der Waals surface area contributed by atoms with Crippen molar-refractivity contribution in [1.29, 1.82) is 0 Å². The predicted molar refractivity (Wildman–Crippen MR) is 76.7 cm³/mol. The van der Waals surface area contributed by atoms with Gasteiger partial charge in [0.25, 0.3) is 0 Å². The van der Waals surface area contributed by atoms with E-state index in [1.165, 1.54) is 0 Å². The van der Waals surface area contributed by atoms with Crippen LogP contribution in [0.3, 0.4) is 0 Å². The van der Waals surface area contributed by atoms with Crippen LogP contribution >= 0.6 is 11.6 Å². The fraction of sp³-hybridized carbons (Fsp3) is 0.533. The fourth-order valence-corrected chi connectivity index (χ4v) is 1.67. The number of hydrogen-bond acceptors (Lipinski definition) is 3. The second-order valence-corrected chi connectivity index (χ2v) is 5.25. The van der Waals surface area contributed by atoms with Gasteiger partial charge in [0, 0.05) is 5.02 Å². The third-order valence-corrected chi connectivity index (χ3v) is 3.21. The van der Waals surface area contributed by atoms with E-state index in [4.69, 9.17) is 21.1 Å². The molecule has 0 aliphatic rings. The molecule has 0 radical (unpaired) electrons. The summed E-state index contributed by atoms with van der Waals surface area (Å²) in [6.45, 7) is 8.12.